The molecule has 1 aliphatic rings. The summed E-state index contributed by atoms with van der Waals surface area (Å²) in [7, 11) is 0. The molecule has 0 radical (unpaired) electrons. The first kappa shape index (κ1) is 14.3. The number of aliphatic hydroxyl groups is 1. The number of non-ortho nitro benzene ring substituents is 1. The Balaban J connectivity index is 1.96. The predicted molar refractivity (Wildman–Crippen MR) is 73.5 cm³/mol. The zero-order valence-electron chi connectivity index (χ0n) is 11.2. The Kier molecular flexibility index (Phi) is 4.19. The lowest BCUT2D eigenvalue weighted by Crippen LogP contribution is -2.46. The highest BCUT2D eigenvalue weighted by atomic mass is 16.6. The van der Waals surface area contributed by atoms with E-state index >= 15 is 0 Å². The highest BCUT2D eigenvalue weighted by Gasteiger charge is 2.27. The molecule has 1 saturated heterocycles. The quantitative estimate of drug-likeness (QED) is 0.637. The number of carbonyl (C=O) groups is 1. The van der Waals surface area contributed by atoms with Crippen LogP contribution in [0.2, 0.25) is 0 Å². The number of carbonyl (C=O) groups excluding carboxylic acids is 1. The van der Waals surface area contributed by atoms with Crippen molar-refractivity contribution >= 4 is 17.4 Å². The maximum atomic E-state index is 12.0. The first-order valence-corrected chi connectivity index (χ1v) is 6.46. The van der Waals surface area contributed by atoms with Crippen molar-refractivity contribution in [3.8, 4) is 0 Å². The Morgan fingerprint density at radius 3 is 2.65 bits per heavy atom. The molecule has 2 unspecified atom stereocenters. The van der Waals surface area contributed by atoms with E-state index in [0.717, 1.165) is 0 Å². The van der Waals surface area contributed by atoms with Crippen molar-refractivity contribution in [1.29, 1.82) is 0 Å². The molecular formula is C13H17N3O4. The van der Waals surface area contributed by atoms with Crippen LogP contribution in [-0.4, -0.2) is 40.2 Å². The third-order valence-corrected chi connectivity index (χ3v) is 3.48. The number of amides is 2. The van der Waals surface area contributed by atoms with Crippen molar-refractivity contribution in [1.82, 2.24) is 4.90 Å². The Morgan fingerprint density at radius 1 is 1.45 bits per heavy atom. The van der Waals surface area contributed by atoms with E-state index in [4.69, 9.17) is 0 Å². The normalized spacial score (nSPS) is 22.4. The van der Waals surface area contributed by atoms with E-state index in [1.165, 1.54) is 24.3 Å². The van der Waals surface area contributed by atoms with Crippen molar-refractivity contribution in [2.45, 2.75) is 19.4 Å². The van der Waals surface area contributed by atoms with Gasteiger partial charge < -0.3 is 15.3 Å². The lowest BCUT2D eigenvalue weighted by Gasteiger charge is -2.34. The predicted octanol–water partition coefficient (Wildman–Crippen LogP) is 1.83. The summed E-state index contributed by atoms with van der Waals surface area (Å²) < 4.78 is 0. The summed E-state index contributed by atoms with van der Waals surface area (Å²) >= 11 is 0. The van der Waals surface area contributed by atoms with Gasteiger partial charge in [0.05, 0.1) is 11.0 Å². The monoisotopic (exact) mass is 279 g/mol. The van der Waals surface area contributed by atoms with Gasteiger partial charge in [-0.2, -0.15) is 0 Å². The molecule has 2 amide bonds. The number of nitrogens with zero attached hydrogens (tertiary/aromatic N) is 2. The third kappa shape index (κ3) is 3.24. The fourth-order valence-electron chi connectivity index (χ4n) is 2.19. The second kappa shape index (κ2) is 5.87. The van der Waals surface area contributed by atoms with E-state index in [0.29, 0.717) is 25.2 Å². The van der Waals surface area contributed by atoms with Crippen LogP contribution < -0.4 is 5.32 Å². The molecule has 0 saturated carbocycles. The molecule has 7 nitrogen and oxygen atoms in total. The van der Waals surface area contributed by atoms with Crippen molar-refractivity contribution in [2.24, 2.45) is 5.92 Å². The first-order valence-electron chi connectivity index (χ1n) is 6.46. The highest BCUT2D eigenvalue weighted by Crippen LogP contribution is 2.19. The molecule has 2 N–H and O–H groups in total. The average Bonchev–Trinajstić information content (AvgIpc) is 2.42. The summed E-state index contributed by atoms with van der Waals surface area (Å²) in [6.45, 7) is 2.90. The number of hydrogen-bond acceptors (Lipinski definition) is 4. The minimum atomic E-state index is -0.487. The van der Waals surface area contributed by atoms with Gasteiger partial charge in [0.2, 0.25) is 0 Å². The molecule has 1 aromatic carbocycles. The molecular weight excluding hydrogens is 262 g/mol. The van der Waals surface area contributed by atoms with E-state index in [2.05, 4.69) is 5.32 Å². The molecule has 2 rings (SSSR count). The molecule has 0 aliphatic carbocycles. The Bertz CT molecular complexity index is 503. The second-order valence-electron chi connectivity index (χ2n) is 5.01. The summed E-state index contributed by atoms with van der Waals surface area (Å²) in [5.74, 6) is 0.0476. The molecule has 1 heterocycles. The molecule has 1 aromatic rings. The number of anilines is 1. The van der Waals surface area contributed by atoms with Crippen LogP contribution in [0.4, 0.5) is 16.2 Å². The lowest BCUT2D eigenvalue weighted by atomic mass is 9.97. The van der Waals surface area contributed by atoms with Gasteiger partial charge in [-0.1, -0.05) is 6.92 Å². The van der Waals surface area contributed by atoms with Crippen LogP contribution in [0, 0.1) is 16.0 Å². The molecule has 1 aliphatic heterocycles. The average molecular weight is 279 g/mol. The Labute approximate surface area is 116 Å². The fraction of sp³-hybridized carbons (Fsp3) is 0.462. The SMILES string of the molecule is CC1CN(C(=O)Nc2ccc([N+](=O)[O-])cc2)CCC1O. The molecule has 0 bridgehead atoms. The molecule has 108 valence electrons. The third-order valence-electron chi connectivity index (χ3n) is 3.48. The number of urea groups is 1. The van der Waals surface area contributed by atoms with Gasteiger partial charge in [0, 0.05) is 30.9 Å². The van der Waals surface area contributed by atoms with Gasteiger partial charge in [0.1, 0.15) is 0 Å². The molecule has 1 fully saturated rings. The lowest BCUT2D eigenvalue weighted by molar-refractivity contribution is -0.384. The highest BCUT2D eigenvalue weighted by molar-refractivity contribution is 5.89. The van der Waals surface area contributed by atoms with Gasteiger partial charge in [0.15, 0.2) is 0 Å². The van der Waals surface area contributed by atoms with Gasteiger partial charge >= 0.3 is 6.03 Å². The van der Waals surface area contributed by atoms with Gasteiger partial charge in [-0.3, -0.25) is 10.1 Å². The van der Waals surface area contributed by atoms with Crippen molar-refractivity contribution in [3.05, 3.63) is 34.4 Å². The van der Waals surface area contributed by atoms with Crippen LogP contribution in [0.15, 0.2) is 24.3 Å². The topological polar surface area (TPSA) is 95.7 Å². The number of aliphatic hydroxyl groups excluding tert-OH is 1. The molecule has 7 heteroatoms. The number of piperidine rings is 1. The summed E-state index contributed by atoms with van der Waals surface area (Å²) in [5, 5.41) is 22.9. The smallest absolute Gasteiger partial charge is 0.321 e. The van der Waals surface area contributed by atoms with Crippen LogP contribution in [-0.2, 0) is 0 Å². The van der Waals surface area contributed by atoms with Crippen LogP contribution in [0.3, 0.4) is 0 Å². The van der Waals surface area contributed by atoms with Crippen molar-refractivity contribution < 1.29 is 14.8 Å². The maximum absolute atomic E-state index is 12.0. The summed E-state index contributed by atoms with van der Waals surface area (Å²) in [4.78, 5) is 23.7. The van der Waals surface area contributed by atoms with E-state index in [1.54, 1.807) is 4.90 Å². The largest absolute Gasteiger partial charge is 0.393 e. The number of nitro benzene ring substituents is 1. The van der Waals surface area contributed by atoms with Crippen LogP contribution in [0.1, 0.15) is 13.3 Å². The van der Waals surface area contributed by atoms with E-state index in [-0.39, 0.29) is 23.7 Å². The van der Waals surface area contributed by atoms with Gasteiger partial charge in [-0.05, 0) is 24.5 Å². The number of likely N-dealkylation sites (tertiary alicyclic amines) is 1. The van der Waals surface area contributed by atoms with Gasteiger partial charge in [0.25, 0.3) is 5.69 Å². The number of nitro groups is 1. The Morgan fingerprint density at radius 2 is 2.10 bits per heavy atom. The van der Waals surface area contributed by atoms with E-state index < -0.39 is 4.92 Å². The molecule has 0 spiro atoms. The van der Waals surface area contributed by atoms with Crippen molar-refractivity contribution in [3.63, 3.8) is 0 Å². The zero-order chi connectivity index (χ0) is 14.7. The van der Waals surface area contributed by atoms with Crippen LogP contribution in [0.5, 0.6) is 0 Å². The molecule has 2 atom stereocenters. The minimum absolute atomic E-state index is 0.0160. The summed E-state index contributed by atoms with van der Waals surface area (Å²) in [6, 6.07) is 5.44. The van der Waals surface area contributed by atoms with Gasteiger partial charge in [-0.15, -0.1) is 0 Å². The summed E-state index contributed by atoms with van der Waals surface area (Å²) in [6.07, 6.45) is 0.202. The van der Waals surface area contributed by atoms with E-state index in [9.17, 15) is 20.0 Å². The Hall–Kier alpha value is -2.15. The van der Waals surface area contributed by atoms with Crippen molar-refractivity contribution in [2.75, 3.05) is 18.4 Å². The van der Waals surface area contributed by atoms with E-state index in [1.807, 2.05) is 6.92 Å². The zero-order valence-corrected chi connectivity index (χ0v) is 11.2. The first-order chi connectivity index (χ1) is 9.47. The molecule has 0 aromatic heterocycles. The number of nitrogens with one attached hydrogen (secondary N) is 1. The second-order valence-corrected chi connectivity index (χ2v) is 5.01. The van der Waals surface area contributed by atoms with Gasteiger partial charge in [-0.25, -0.2) is 4.79 Å². The van der Waals surface area contributed by atoms with Crippen LogP contribution in [0.25, 0.3) is 0 Å². The molecule has 20 heavy (non-hydrogen) atoms. The fourth-order valence-corrected chi connectivity index (χ4v) is 2.19. The van der Waals surface area contributed by atoms with Crippen LogP contribution >= 0.6 is 0 Å². The number of hydrogen-bond donors (Lipinski definition) is 2. The number of benzene rings is 1. The minimum Gasteiger partial charge on any atom is -0.393 e. The standard InChI is InChI=1S/C13H17N3O4/c1-9-8-15(7-6-12(9)17)13(18)14-10-2-4-11(5-3-10)16(19)20/h2-5,9,12,17H,6-8H2,1H3,(H,14,18). The maximum Gasteiger partial charge on any atom is 0.321 e. The number of rotatable bonds is 2. The summed E-state index contributed by atoms with van der Waals surface area (Å²) in [5.41, 5.74) is 0.497.